The maximum Gasteiger partial charge on any atom is 0.417 e. The average Bonchev–Trinajstić information content (AvgIpc) is 3.32. The fourth-order valence-electron chi connectivity index (χ4n) is 4.01. The molecule has 0 aromatic heterocycles. The van der Waals surface area contributed by atoms with Crippen molar-refractivity contribution in [3.63, 3.8) is 0 Å². The van der Waals surface area contributed by atoms with Crippen LogP contribution >= 0.6 is 0 Å². The zero-order valence-corrected chi connectivity index (χ0v) is 20.1. The molecule has 3 aromatic rings. The number of cyclic esters (lactones) is 1. The van der Waals surface area contributed by atoms with Crippen LogP contribution < -0.4 is 0 Å². The molecule has 0 saturated carbocycles. The number of imide groups is 1. The van der Waals surface area contributed by atoms with E-state index >= 15 is 0 Å². The topological polar surface area (TPSA) is 116 Å². The second kappa shape index (κ2) is 11.9. The molecule has 2 amide bonds. The number of rotatable bonds is 9. The summed E-state index contributed by atoms with van der Waals surface area (Å²) in [5.74, 6) is -1.65. The fourth-order valence-corrected chi connectivity index (χ4v) is 4.01. The van der Waals surface area contributed by atoms with Gasteiger partial charge in [0.25, 0.3) is 5.69 Å². The van der Waals surface area contributed by atoms with Crippen LogP contribution in [0.25, 0.3) is 5.57 Å². The molecule has 0 spiro atoms. The monoisotopic (exact) mass is 518 g/mol. The predicted octanol–water partition coefficient (Wildman–Crippen LogP) is 5.47. The van der Waals surface area contributed by atoms with Crippen LogP contribution in [0.1, 0.15) is 40.4 Å². The molecule has 1 fully saturated rings. The van der Waals surface area contributed by atoms with Crippen molar-refractivity contribution in [3.05, 3.63) is 118 Å². The van der Waals surface area contributed by atoms with Crippen LogP contribution in [0, 0.1) is 15.9 Å². The number of carbonyl (C=O) groups excluding carboxylic acids is 3. The summed E-state index contributed by atoms with van der Waals surface area (Å²) in [7, 11) is 0. The molecular weight excluding hydrogens is 495 g/mol. The van der Waals surface area contributed by atoms with E-state index in [1.165, 1.54) is 42.5 Å². The van der Waals surface area contributed by atoms with Gasteiger partial charge in [0.2, 0.25) is 5.91 Å². The minimum atomic E-state index is -0.775. The molecule has 194 valence electrons. The van der Waals surface area contributed by atoms with E-state index in [1.807, 2.05) is 30.3 Å². The maximum atomic E-state index is 13.5. The van der Waals surface area contributed by atoms with Crippen LogP contribution in [0.15, 0.2) is 84.9 Å². The molecule has 1 heterocycles. The van der Waals surface area contributed by atoms with Gasteiger partial charge in [-0.2, -0.15) is 0 Å². The van der Waals surface area contributed by atoms with Gasteiger partial charge in [-0.1, -0.05) is 54.6 Å². The third-order valence-corrected chi connectivity index (χ3v) is 5.94. The number of amides is 2. The summed E-state index contributed by atoms with van der Waals surface area (Å²) >= 11 is 0. The molecule has 1 atom stereocenters. The molecule has 9 nitrogen and oxygen atoms in total. The molecule has 0 bridgehead atoms. The van der Waals surface area contributed by atoms with Crippen molar-refractivity contribution in [1.82, 2.24) is 4.90 Å². The number of halogens is 1. The first-order valence-corrected chi connectivity index (χ1v) is 11.7. The Balaban J connectivity index is 1.46. The second-order valence-electron chi connectivity index (χ2n) is 8.43. The molecule has 0 radical (unpaired) electrons. The standard InChI is InChI=1S/C28H23FN2O7/c29-23-14-12-19(13-15-23)22(17-37-27(33)21-8-4-10-24(16-21)31(35)36)9-5-11-26(32)30-25(18-38-28(30)34)20-6-2-1-3-7-20/h1-4,6-10,12-16,25H,5,11,17-18H2/b22-9+/t25-/m1/s1. The first kappa shape index (κ1) is 26.2. The number of benzene rings is 3. The summed E-state index contributed by atoms with van der Waals surface area (Å²) in [6.07, 6.45) is 1.13. The number of nitro groups is 1. The molecule has 1 saturated heterocycles. The lowest BCUT2D eigenvalue weighted by atomic mass is 10.0. The van der Waals surface area contributed by atoms with Crippen LogP contribution in [0.3, 0.4) is 0 Å². The van der Waals surface area contributed by atoms with Crippen LogP contribution in [0.4, 0.5) is 14.9 Å². The largest absolute Gasteiger partial charge is 0.457 e. The van der Waals surface area contributed by atoms with Crippen molar-refractivity contribution in [2.75, 3.05) is 13.2 Å². The molecule has 0 unspecified atom stereocenters. The Morgan fingerprint density at radius 2 is 1.79 bits per heavy atom. The minimum Gasteiger partial charge on any atom is -0.457 e. The van der Waals surface area contributed by atoms with E-state index in [9.17, 15) is 28.9 Å². The zero-order valence-electron chi connectivity index (χ0n) is 20.1. The Labute approximate surface area is 217 Å². The quantitative estimate of drug-likeness (QED) is 0.209. The summed E-state index contributed by atoms with van der Waals surface area (Å²) in [5, 5.41) is 11.0. The summed E-state index contributed by atoms with van der Waals surface area (Å²) < 4.78 is 24.0. The number of hydrogen-bond donors (Lipinski definition) is 0. The number of nitro benzene ring substituents is 1. The molecule has 38 heavy (non-hydrogen) atoms. The number of esters is 1. The van der Waals surface area contributed by atoms with Crippen LogP contribution in [-0.2, 0) is 14.3 Å². The van der Waals surface area contributed by atoms with Crippen LogP contribution in [0.2, 0.25) is 0 Å². The highest BCUT2D eigenvalue weighted by Crippen LogP contribution is 2.29. The van der Waals surface area contributed by atoms with E-state index < -0.39 is 34.8 Å². The third kappa shape index (κ3) is 6.28. The van der Waals surface area contributed by atoms with Gasteiger partial charge in [0.05, 0.1) is 10.5 Å². The lowest BCUT2D eigenvalue weighted by molar-refractivity contribution is -0.384. The van der Waals surface area contributed by atoms with Gasteiger partial charge in [-0.15, -0.1) is 0 Å². The molecule has 0 N–H and O–H groups in total. The lowest BCUT2D eigenvalue weighted by Crippen LogP contribution is -2.33. The summed E-state index contributed by atoms with van der Waals surface area (Å²) in [5.41, 5.74) is 1.60. The highest BCUT2D eigenvalue weighted by molar-refractivity contribution is 5.94. The highest BCUT2D eigenvalue weighted by Gasteiger charge is 2.38. The molecule has 4 rings (SSSR count). The predicted molar refractivity (Wildman–Crippen MR) is 134 cm³/mol. The summed E-state index contributed by atoms with van der Waals surface area (Å²) in [4.78, 5) is 49.2. The van der Waals surface area contributed by atoms with Gasteiger partial charge in [0.1, 0.15) is 25.1 Å². The zero-order chi connectivity index (χ0) is 27.1. The number of allylic oxidation sites excluding steroid dienone is 1. The normalized spacial score (nSPS) is 15.2. The number of hydrogen-bond acceptors (Lipinski definition) is 7. The maximum absolute atomic E-state index is 13.5. The molecular formula is C28H23FN2O7. The van der Waals surface area contributed by atoms with Crippen molar-refractivity contribution < 1.29 is 33.2 Å². The Morgan fingerprint density at radius 1 is 1.05 bits per heavy atom. The van der Waals surface area contributed by atoms with Crippen LogP contribution in [0.5, 0.6) is 0 Å². The van der Waals surface area contributed by atoms with Gasteiger partial charge < -0.3 is 9.47 Å². The van der Waals surface area contributed by atoms with Crippen molar-refractivity contribution in [2.45, 2.75) is 18.9 Å². The van der Waals surface area contributed by atoms with Crippen molar-refractivity contribution >= 4 is 29.2 Å². The van der Waals surface area contributed by atoms with Gasteiger partial charge in [-0.25, -0.2) is 18.9 Å². The van der Waals surface area contributed by atoms with Gasteiger partial charge in [0.15, 0.2) is 0 Å². The van der Waals surface area contributed by atoms with Crippen molar-refractivity contribution in [1.29, 1.82) is 0 Å². The second-order valence-corrected chi connectivity index (χ2v) is 8.43. The SMILES string of the molecule is O=C(OC/C(=C\CCC(=O)N1C(=O)OC[C@@H]1c1ccccc1)c1ccc(F)cc1)c1cccc([N+](=O)[O-])c1. The minimum absolute atomic E-state index is 0.00679. The van der Waals surface area contributed by atoms with E-state index in [4.69, 9.17) is 9.47 Å². The fraction of sp³-hybridized carbons (Fsp3) is 0.179. The van der Waals surface area contributed by atoms with Gasteiger partial charge in [-0.05, 0) is 41.3 Å². The first-order valence-electron chi connectivity index (χ1n) is 11.7. The summed E-state index contributed by atoms with van der Waals surface area (Å²) in [6, 6.07) is 19.2. The van der Waals surface area contributed by atoms with E-state index in [0.29, 0.717) is 11.1 Å². The average molecular weight is 518 g/mol. The van der Waals surface area contributed by atoms with Crippen molar-refractivity contribution in [2.24, 2.45) is 0 Å². The Bertz CT molecular complexity index is 1370. The Morgan fingerprint density at radius 3 is 2.50 bits per heavy atom. The highest BCUT2D eigenvalue weighted by atomic mass is 19.1. The Kier molecular flexibility index (Phi) is 8.22. The van der Waals surface area contributed by atoms with Crippen molar-refractivity contribution in [3.8, 4) is 0 Å². The molecule has 3 aromatic carbocycles. The molecule has 1 aliphatic heterocycles. The molecule has 1 aliphatic rings. The number of non-ortho nitro benzene ring substituents is 1. The van der Waals surface area contributed by atoms with Crippen LogP contribution in [-0.4, -0.2) is 41.0 Å². The molecule has 10 heteroatoms. The Hall–Kier alpha value is -4.86. The van der Waals surface area contributed by atoms with Gasteiger partial charge in [0, 0.05) is 18.6 Å². The van der Waals surface area contributed by atoms with E-state index in [2.05, 4.69) is 0 Å². The van der Waals surface area contributed by atoms with E-state index in [0.717, 1.165) is 16.5 Å². The first-order chi connectivity index (χ1) is 18.3. The molecule has 0 aliphatic carbocycles. The summed E-state index contributed by atoms with van der Waals surface area (Å²) in [6.45, 7) is -0.154. The third-order valence-electron chi connectivity index (χ3n) is 5.94. The van der Waals surface area contributed by atoms with E-state index in [1.54, 1.807) is 6.08 Å². The van der Waals surface area contributed by atoms with Gasteiger partial charge in [-0.3, -0.25) is 14.9 Å². The van der Waals surface area contributed by atoms with Gasteiger partial charge >= 0.3 is 12.1 Å². The lowest BCUT2D eigenvalue weighted by Gasteiger charge is -2.19. The number of nitrogens with zero attached hydrogens (tertiary/aromatic N) is 2. The smallest absolute Gasteiger partial charge is 0.417 e. The number of ether oxygens (including phenoxy) is 2. The van der Waals surface area contributed by atoms with E-state index in [-0.39, 0.29) is 37.3 Å². The number of carbonyl (C=O) groups is 3.